The zero-order chi connectivity index (χ0) is 21.6. The number of methoxy groups -OCH3 is 1. The van der Waals surface area contributed by atoms with Gasteiger partial charge >= 0.3 is 0 Å². The van der Waals surface area contributed by atoms with Gasteiger partial charge in [-0.05, 0) is 66.9 Å². The van der Waals surface area contributed by atoms with Crippen LogP contribution in [0.4, 0.5) is 5.69 Å². The van der Waals surface area contributed by atoms with E-state index in [1.54, 1.807) is 67.1 Å². The average molecular weight is 447 g/mol. The Morgan fingerprint density at radius 2 is 1.70 bits per heavy atom. The van der Waals surface area contributed by atoms with Gasteiger partial charge in [0.1, 0.15) is 22.3 Å². The summed E-state index contributed by atoms with van der Waals surface area (Å²) in [7, 11) is -2.02. The molecule has 2 N–H and O–H groups in total. The molecule has 0 bridgehead atoms. The molecule has 2 aromatic carbocycles. The lowest BCUT2D eigenvalue weighted by Crippen LogP contribution is -2.36. The number of hydrogen-bond acceptors (Lipinski definition) is 6. The molecule has 9 heteroatoms. The predicted octanol–water partition coefficient (Wildman–Crippen LogP) is 3.75. The van der Waals surface area contributed by atoms with Crippen LogP contribution < -0.4 is 19.5 Å². The molecular formula is C21H22N2O5S2. The van der Waals surface area contributed by atoms with Gasteiger partial charge in [0.15, 0.2) is 0 Å². The van der Waals surface area contributed by atoms with E-state index in [1.807, 2.05) is 6.92 Å². The monoisotopic (exact) mass is 446 g/mol. The second-order valence-electron chi connectivity index (χ2n) is 6.48. The van der Waals surface area contributed by atoms with Crippen LogP contribution in [0.1, 0.15) is 17.3 Å². The van der Waals surface area contributed by atoms with Crippen LogP contribution in [0.15, 0.2) is 70.3 Å². The van der Waals surface area contributed by atoms with Gasteiger partial charge in [-0.15, -0.1) is 11.3 Å². The van der Waals surface area contributed by atoms with E-state index in [1.165, 1.54) is 6.07 Å². The molecule has 30 heavy (non-hydrogen) atoms. The highest BCUT2D eigenvalue weighted by molar-refractivity contribution is 7.94. The molecule has 158 valence electrons. The van der Waals surface area contributed by atoms with Gasteiger partial charge in [0, 0.05) is 11.3 Å². The molecule has 0 radical (unpaired) electrons. The van der Waals surface area contributed by atoms with E-state index in [4.69, 9.17) is 9.47 Å². The summed E-state index contributed by atoms with van der Waals surface area (Å²) in [6, 6.07) is 16.4. The molecule has 1 amide bonds. The first kappa shape index (κ1) is 21.7. The highest BCUT2D eigenvalue weighted by Crippen LogP contribution is 2.20. The number of benzene rings is 2. The molecule has 0 aliphatic carbocycles. The maximum Gasteiger partial charge on any atom is 0.271 e. The predicted molar refractivity (Wildman–Crippen MR) is 117 cm³/mol. The smallest absolute Gasteiger partial charge is 0.271 e. The summed E-state index contributed by atoms with van der Waals surface area (Å²) >= 11 is 1.14. The fourth-order valence-corrected chi connectivity index (χ4v) is 4.60. The van der Waals surface area contributed by atoms with Crippen molar-refractivity contribution in [2.45, 2.75) is 17.2 Å². The Balaban J connectivity index is 1.52. The maximum atomic E-state index is 12.4. The summed E-state index contributed by atoms with van der Waals surface area (Å²) in [6.45, 7) is 2.14. The number of anilines is 1. The number of hydrogen-bond donors (Lipinski definition) is 2. The van der Waals surface area contributed by atoms with Crippen LogP contribution in [-0.4, -0.2) is 34.1 Å². The molecule has 1 heterocycles. The lowest BCUT2D eigenvalue weighted by atomic mass is 10.2. The van der Waals surface area contributed by atoms with Crippen molar-refractivity contribution in [3.05, 3.63) is 71.6 Å². The summed E-state index contributed by atoms with van der Waals surface area (Å²) in [5.74, 6) is 1.15. The van der Waals surface area contributed by atoms with Crippen LogP contribution in [-0.2, 0) is 10.0 Å². The molecule has 3 aromatic rings. The van der Waals surface area contributed by atoms with E-state index in [9.17, 15) is 13.2 Å². The average Bonchev–Trinajstić information content (AvgIpc) is 3.29. The minimum atomic E-state index is -3.62. The lowest BCUT2D eigenvalue weighted by Gasteiger charge is -2.15. The molecular weight excluding hydrogens is 424 g/mol. The number of rotatable bonds is 9. The lowest BCUT2D eigenvalue weighted by molar-refractivity contribution is 0.0926. The number of thiophene rings is 1. The van der Waals surface area contributed by atoms with Crippen molar-refractivity contribution < 1.29 is 22.7 Å². The van der Waals surface area contributed by atoms with Crippen molar-refractivity contribution in [2.75, 3.05) is 18.4 Å². The Bertz CT molecular complexity index is 1060. The Morgan fingerprint density at radius 3 is 2.30 bits per heavy atom. The fraction of sp³-hybridized carbons (Fsp3) is 0.190. The number of ether oxygens (including phenoxy) is 2. The van der Waals surface area contributed by atoms with Gasteiger partial charge in [-0.3, -0.25) is 9.52 Å². The summed E-state index contributed by atoms with van der Waals surface area (Å²) < 4.78 is 38.0. The SMILES string of the molecule is COc1ccc(OC[C@H](C)NC(=O)c2ccc(NS(=O)(=O)c3cccs3)cc2)cc1. The van der Waals surface area contributed by atoms with E-state index in [0.29, 0.717) is 23.6 Å². The van der Waals surface area contributed by atoms with Gasteiger partial charge in [-0.1, -0.05) is 6.07 Å². The Morgan fingerprint density at radius 1 is 1.03 bits per heavy atom. The largest absolute Gasteiger partial charge is 0.497 e. The molecule has 0 fully saturated rings. The molecule has 0 saturated heterocycles. The van der Waals surface area contributed by atoms with Crippen LogP contribution in [0.5, 0.6) is 11.5 Å². The van der Waals surface area contributed by atoms with Crippen molar-refractivity contribution in [3.63, 3.8) is 0 Å². The third kappa shape index (κ3) is 5.74. The second-order valence-corrected chi connectivity index (χ2v) is 9.33. The second kappa shape index (κ2) is 9.64. The minimum Gasteiger partial charge on any atom is -0.497 e. The molecule has 0 unspecified atom stereocenters. The summed E-state index contributed by atoms with van der Waals surface area (Å²) in [5, 5.41) is 4.55. The van der Waals surface area contributed by atoms with Crippen LogP contribution >= 0.6 is 11.3 Å². The number of nitrogens with one attached hydrogen (secondary N) is 2. The highest BCUT2D eigenvalue weighted by atomic mass is 32.2. The molecule has 7 nitrogen and oxygen atoms in total. The highest BCUT2D eigenvalue weighted by Gasteiger charge is 2.16. The van der Waals surface area contributed by atoms with Gasteiger partial charge in [0.2, 0.25) is 0 Å². The van der Waals surface area contributed by atoms with E-state index in [2.05, 4.69) is 10.0 Å². The summed E-state index contributed by atoms with van der Waals surface area (Å²) in [4.78, 5) is 12.4. The number of carbonyl (C=O) groups excluding carboxylic acids is 1. The Labute approximate surface area is 179 Å². The third-order valence-corrected chi connectivity index (χ3v) is 6.87. The van der Waals surface area contributed by atoms with E-state index < -0.39 is 10.0 Å². The minimum absolute atomic E-state index is 0.225. The van der Waals surface area contributed by atoms with Crippen molar-refractivity contribution in [3.8, 4) is 11.5 Å². The molecule has 3 rings (SSSR count). The normalized spacial score (nSPS) is 12.1. The van der Waals surface area contributed by atoms with Crippen molar-refractivity contribution in [1.82, 2.24) is 5.32 Å². The van der Waals surface area contributed by atoms with Crippen LogP contribution in [0, 0.1) is 0 Å². The quantitative estimate of drug-likeness (QED) is 0.522. The molecule has 0 aliphatic rings. The van der Waals surface area contributed by atoms with E-state index in [-0.39, 0.29) is 16.2 Å². The third-order valence-electron chi connectivity index (χ3n) is 4.10. The molecule has 1 atom stereocenters. The van der Waals surface area contributed by atoms with Crippen LogP contribution in [0.25, 0.3) is 0 Å². The van der Waals surface area contributed by atoms with Crippen LogP contribution in [0.2, 0.25) is 0 Å². The zero-order valence-electron chi connectivity index (χ0n) is 16.5. The zero-order valence-corrected chi connectivity index (χ0v) is 18.1. The van der Waals surface area contributed by atoms with Crippen molar-refractivity contribution in [2.24, 2.45) is 0 Å². The van der Waals surface area contributed by atoms with Crippen LogP contribution in [0.3, 0.4) is 0 Å². The molecule has 0 saturated carbocycles. The van der Waals surface area contributed by atoms with Crippen molar-refractivity contribution in [1.29, 1.82) is 0 Å². The maximum absolute atomic E-state index is 12.4. The van der Waals surface area contributed by atoms with Gasteiger partial charge in [-0.25, -0.2) is 8.42 Å². The number of sulfonamides is 1. The Hall–Kier alpha value is -3.04. The van der Waals surface area contributed by atoms with Crippen molar-refractivity contribution >= 4 is 33.0 Å². The van der Waals surface area contributed by atoms with Gasteiger partial charge < -0.3 is 14.8 Å². The van der Waals surface area contributed by atoms with E-state index in [0.717, 1.165) is 17.1 Å². The Kier molecular flexibility index (Phi) is 6.96. The first-order valence-electron chi connectivity index (χ1n) is 9.11. The molecule has 0 aliphatic heterocycles. The fourth-order valence-electron chi connectivity index (χ4n) is 2.55. The van der Waals surface area contributed by atoms with E-state index >= 15 is 0 Å². The van der Waals surface area contributed by atoms with Gasteiger partial charge in [0.05, 0.1) is 13.2 Å². The van der Waals surface area contributed by atoms with Gasteiger partial charge in [0.25, 0.3) is 15.9 Å². The first-order valence-corrected chi connectivity index (χ1v) is 11.5. The van der Waals surface area contributed by atoms with Gasteiger partial charge in [-0.2, -0.15) is 0 Å². The molecule has 1 aromatic heterocycles. The topological polar surface area (TPSA) is 93.7 Å². The first-order chi connectivity index (χ1) is 14.4. The molecule has 0 spiro atoms. The number of amides is 1. The summed E-state index contributed by atoms with van der Waals surface area (Å²) in [5.41, 5.74) is 0.807. The summed E-state index contributed by atoms with van der Waals surface area (Å²) in [6.07, 6.45) is 0. The number of carbonyl (C=O) groups is 1. The standard InChI is InChI=1S/C21H22N2O5S2/c1-15(14-28-19-11-9-18(27-2)10-12-19)22-21(24)16-5-7-17(8-6-16)23-30(25,26)20-4-3-13-29-20/h3-13,15,23H,14H2,1-2H3,(H,22,24)/t15-/m0/s1.